The second-order valence-electron chi connectivity index (χ2n) is 9.32. The van der Waals surface area contributed by atoms with Crippen molar-refractivity contribution in [3.63, 3.8) is 0 Å². The number of nitrogens with zero attached hydrogens (tertiary/aromatic N) is 1. The lowest BCUT2D eigenvalue weighted by Gasteiger charge is -2.19. The molecule has 0 bridgehead atoms. The van der Waals surface area contributed by atoms with Crippen molar-refractivity contribution in [2.24, 2.45) is 0 Å². The molecule has 2 heterocycles. The van der Waals surface area contributed by atoms with Crippen LogP contribution in [0.1, 0.15) is 41.8 Å². The average molecular weight is 431 g/mol. The van der Waals surface area contributed by atoms with Gasteiger partial charge in [0, 0.05) is 39.7 Å². The van der Waals surface area contributed by atoms with Crippen LogP contribution in [0, 0.1) is 0 Å². The van der Waals surface area contributed by atoms with Gasteiger partial charge in [-0.1, -0.05) is 42.5 Å². The van der Waals surface area contributed by atoms with Gasteiger partial charge in [-0.2, -0.15) is 0 Å². The second kappa shape index (κ2) is 7.14. The Morgan fingerprint density at radius 3 is 2.76 bits per heavy atom. The molecule has 3 aromatic carbocycles. The van der Waals surface area contributed by atoms with Crippen LogP contribution < -0.4 is 5.73 Å². The molecule has 0 fully saturated rings. The summed E-state index contributed by atoms with van der Waals surface area (Å²) >= 11 is 0. The Morgan fingerprint density at radius 1 is 0.879 bits per heavy atom. The van der Waals surface area contributed by atoms with E-state index in [4.69, 9.17) is 10.2 Å². The zero-order valence-corrected chi connectivity index (χ0v) is 18.6. The van der Waals surface area contributed by atoms with Crippen LogP contribution in [0.3, 0.4) is 0 Å². The first-order chi connectivity index (χ1) is 16.3. The van der Waals surface area contributed by atoms with Gasteiger partial charge in [0.05, 0.1) is 11.2 Å². The summed E-state index contributed by atoms with van der Waals surface area (Å²) in [6.45, 7) is 0. The number of aromatic nitrogens is 1. The van der Waals surface area contributed by atoms with Crippen molar-refractivity contribution >= 4 is 33.6 Å². The predicted molar refractivity (Wildman–Crippen MR) is 137 cm³/mol. The number of aryl methyl sites for hydroxylation is 2. The molecule has 0 saturated heterocycles. The Balaban J connectivity index is 1.49. The number of hydrogen-bond donors (Lipinski definition) is 1. The minimum Gasteiger partial charge on any atom is -0.460 e. The van der Waals surface area contributed by atoms with Crippen LogP contribution >= 0.6 is 0 Å². The van der Waals surface area contributed by atoms with Crippen molar-refractivity contribution in [2.75, 3.05) is 5.73 Å². The SMILES string of the molecule is Nc1cccc2c1c1c(n2-c2ccccc2-c2ccc3oc4c(c3c2)C=CCC4)CCCC1. The van der Waals surface area contributed by atoms with Crippen molar-refractivity contribution in [3.8, 4) is 16.8 Å². The number of anilines is 1. The van der Waals surface area contributed by atoms with Gasteiger partial charge in [-0.15, -0.1) is 0 Å². The van der Waals surface area contributed by atoms with Gasteiger partial charge < -0.3 is 14.7 Å². The van der Waals surface area contributed by atoms with E-state index < -0.39 is 0 Å². The van der Waals surface area contributed by atoms with Crippen LogP contribution in [0.4, 0.5) is 5.69 Å². The molecule has 3 nitrogen and oxygen atoms in total. The molecule has 5 aromatic rings. The Labute approximate surface area is 193 Å². The van der Waals surface area contributed by atoms with E-state index in [0.29, 0.717) is 0 Å². The van der Waals surface area contributed by atoms with Gasteiger partial charge in [-0.3, -0.25) is 0 Å². The van der Waals surface area contributed by atoms with Crippen LogP contribution in [0.5, 0.6) is 0 Å². The van der Waals surface area contributed by atoms with E-state index >= 15 is 0 Å². The van der Waals surface area contributed by atoms with Gasteiger partial charge in [-0.25, -0.2) is 0 Å². The van der Waals surface area contributed by atoms with Gasteiger partial charge >= 0.3 is 0 Å². The largest absolute Gasteiger partial charge is 0.460 e. The molecule has 0 atom stereocenters. The van der Waals surface area contributed by atoms with Crippen LogP contribution in [-0.4, -0.2) is 4.57 Å². The number of hydrogen-bond acceptors (Lipinski definition) is 2. The van der Waals surface area contributed by atoms with Crippen LogP contribution in [0.2, 0.25) is 0 Å². The van der Waals surface area contributed by atoms with E-state index in [9.17, 15) is 0 Å². The first kappa shape index (κ1) is 18.8. The van der Waals surface area contributed by atoms with Crippen molar-refractivity contribution in [1.82, 2.24) is 4.57 Å². The van der Waals surface area contributed by atoms with E-state index in [1.807, 2.05) is 6.07 Å². The molecule has 33 heavy (non-hydrogen) atoms. The first-order valence-corrected chi connectivity index (χ1v) is 12.0. The summed E-state index contributed by atoms with van der Waals surface area (Å²) < 4.78 is 8.64. The third-order valence-electron chi connectivity index (χ3n) is 7.41. The monoisotopic (exact) mass is 430 g/mol. The molecule has 162 valence electrons. The van der Waals surface area contributed by atoms with Crippen LogP contribution in [0.25, 0.3) is 44.8 Å². The molecule has 2 aromatic heterocycles. The van der Waals surface area contributed by atoms with E-state index in [1.54, 1.807) is 0 Å². The van der Waals surface area contributed by atoms with Crippen molar-refractivity contribution in [1.29, 1.82) is 0 Å². The number of furan rings is 1. The molecule has 0 amide bonds. The molecule has 7 rings (SSSR count). The molecule has 2 aliphatic rings. The molecular weight excluding hydrogens is 404 g/mol. The van der Waals surface area contributed by atoms with E-state index in [0.717, 1.165) is 42.7 Å². The Hall–Kier alpha value is -3.72. The van der Waals surface area contributed by atoms with Gasteiger partial charge in [-0.05, 0) is 73.6 Å². The molecule has 0 spiro atoms. The number of fused-ring (bicyclic) bond motifs is 6. The topological polar surface area (TPSA) is 44.1 Å². The third kappa shape index (κ3) is 2.75. The standard InChI is InChI=1S/C30H26N2O/c31-24-11-7-14-27-30(24)22-10-2-5-13-26(22)32(27)25-12-4-1-8-20(25)19-16-17-29-23(18-19)21-9-3-6-15-28(21)33-29/h1,3-4,7-9,11-12,14,16-18H,2,5-6,10,13,15,31H2. The highest BCUT2D eigenvalue weighted by Crippen LogP contribution is 2.41. The number of nitrogen functional groups attached to an aromatic ring is 1. The predicted octanol–water partition coefficient (Wildman–Crippen LogP) is 7.46. The molecule has 0 unspecified atom stereocenters. The summed E-state index contributed by atoms with van der Waals surface area (Å²) in [5.74, 6) is 1.11. The van der Waals surface area contributed by atoms with Crippen molar-refractivity contribution in [3.05, 3.63) is 89.3 Å². The third-order valence-corrected chi connectivity index (χ3v) is 7.41. The normalized spacial score (nSPS) is 15.2. The highest BCUT2D eigenvalue weighted by molar-refractivity contribution is 5.98. The Bertz CT molecular complexity index is 1580. The Morgan fingerprint density at radius 2 is 1.79 bits per heavy atom. The minimum atomic E-state index is 0.889. The number of rotatable bonds is 2. The molecule has 2 aliphatic carbocycles. The summed E-state index contributed by atoms with van der Waals surface area (Å²) in [6.07, 6.45) is 11.2. The van der Waals surface area contributed by atoms with Gasteiger partial charge in [0.1, 0.15) is 11.3 Å². The lowest BCUT2D eigenvalue weighted by molar-refractivity contribution is 0.546. The average Bonchev–Trinajstić information content (AvgIpc) is 3.40. The van der Waals surface area contributed by atoms with E-state index in [1.165, 1.54) is 62.8 Å². The number of allylic oxidation sites excluding steroid dienone is 1. The number of benzene rings is 3. The van der Waals surface area contributed by atoms with E-state index in [-0.39, 0.29) is 0 Å². The second-order valence-corrected chi connectivity index (χ2v) is 9.32. The smallest absolute Gasteiger partial charge is 0.134 e. The highest BCUT2D eigenvalue weighted by Gasteiger charge is 2.24. The summed E-state index contributed by atoms with van der Waals surface area (Å²) in [7, 11) is 0. The summed E-state index contributed by atoms with van der Waals surface area (Å²) in [5.41, 5.74) is 17.4. The molecule has 0 aliphatic heterocycles. The quantitative estimate of drug-likeness (QED) is 0.295. The molecule has 0 radical (unpaired) electrons. The zero-order chi connectivity index (χ0) is 21.9. The maximum atomic E-state index is 6.51. The highest BCUT2D eigenvalue weighted by atomic mass is 16.3. The molecule has 2 N–H and O–H groups in total. The van der Waals surface area contributed by atoms with Crippen LogP contribution in [-0.2, 0) is 19.3 Å². The molecule has 0 saturated carbocycles. The van der Waals surface area contributed by atoms with Crippen molar-refractivity contribution < 1.29 is 4.42 Å². The minimum absolute atomic E-state index is 0.889. The van der Waals surface area contributed by atoms with Crippen LogP contribution in [0.15, 0.2) is 71.2 Å². The zero-order valence-electron chi connectivity index (χ0n) is 18.6. The van der Waals surface area contributed by atoms with Crippen molar-refractivity contribution in [2.45, 2.75) is 38.5 Å². The maximum Gasteiger partial charge on any atom is 0.134 e. The fourth-order valence-electron chi connectivity index (χ4n) is 5.93. The van der Waals surface area contributed by atoms with E-state index in [2.05, 4.69) is 71.3 Å². The summed E-state index contributed by atoms with van der Waals surface area (Å²) in [4.78, 5) is 0. The lowest BCUT2D eigenvalue weighted by Crippen LogP contribution is -2.07. The number of para-hydroxylation sites is 1. The summed E-state index contributed by atoms with van der Waals surface area (Å²) in [5, 5.41) is 2.45. The van der Waals surface area contributed by atoms with Gasteiger partial charge in [0.2, 0.25) is 0 Å². The summed E-state index contributed by atoms with van der Waals surface area (Å²) in [6, 6.07) is 21.8. The molecule has 3 heteroatoms. The fraction of sp³-hybridized carbons (Fsp3) is 0.200. The van der Waals surface area contributed by atoms with Gasteiger partial charge in [0.25, 0.3) is 0 Å². The first-order valence-electron chi connectivity index (χ1n) is 12.0. The number of nitrogens with two attached hydrogens (primary N) is 1. The fourth-order valence-corrected chi connectivity index (χ4v) is 5.93. The van der Waals surface area contributed by atoms with Gasteiger partial charge in [0.15, 0.2) is 0 Å². The lowest BCUT2D eigenvalue weighted by atomic mass is 9.95. The molecular formula is C30H26N2O. The maximum absolute atomic E-state index is 6.51. The Kier molecular flexibility index (Phi) is 4.07.